The molecule has 5 heteroatoms. The first kappa shape index (κ1) is 16.3. The number of hydrogen-bond donors (Lipinski definition) is 1. The standard InChI is InChI=1S/C19H17N2O2Si/c1-3-10(4-2)21-13-9-14(24)17(20)16-15(13)18(22)11-7-5-6-8-12(11)19(16)23/h5-9H,3-4,20H2,1-2H3. The van der Waals surface area contributed by atoms with Crippen molar-refractivity contribution in [3.8, 4) is 0 Å². The van der Waals surface area contributed by atoms with Crippen LogP contribution < -0.4 is 10.9 Å². The Hall–Kier alpha value is -2.53. The van der Waals surface area contributed by atoms with Crippen LogP contribution in [0.15, 0.2) is 35.3 Å². The molecule has 0 amide bonds. The van der Waals surface area contributed by atoms with Crippen LogP contribution in [-0.2, 0) is 0 Å². The van der Waals surface area contributed by atoms with Crippen molar-refractivity contribution >= 4 is 44.1 Å². The highest BCUT2D eigenvalue weighted by atomic mass is 28.1. The van der Waals surface area contributed by atoms with Crippen molar-refractivity contribution in [2.45, 2.75) is 26.7 Å². The number of benzene rings is 2. The molecule has 0 fully saturated rings. The molecule has 3 radical (unpaired) electrons. The molecule has 2 N–H and O–H groups in total. The van der Waals surface area contributed by atoms with Gasteiger partial charge < -0.3 is 5.73 Å². The lowest BCUT2D eigenvalue weighted by Gasteiger charge is -2.22. The molecule has 0 saturated carbocycles. The number of fused-ring (bicyclic) bond motifs is 2. The largest absolute Gasteiger partial charge is 0.398 e. The smallest absolute Gasteiger partial charge is 0.196 e. The number of hydrogen-bond acceptors (Lipinski definition) is 4. The summed E-state index contributed by atoms with van der Waals surface area (Å²) in [5.41, 5.74) is 9.19. The van der Waals surface area contributed by atoms with Gasteiger partial charge in [0.05, 0.1) is 27.1 Å². The van der Waals surface area contributed by atoms with Crippen molar-refractivity contribution in [3.63, 3.8) is 0 Å². The van der Waals surface area contributed by atoms with Gasteiger partial charge in [-0.15, -0.1) is 0 Å². The number of rotatable bonds is 3. The van der Waals surface area contributed by atoms with Gasteiger partial charge in [0.15, 0.2) is 11.6 Å². The van der Waals surface area contributed by atoms with Crippen molar-refractivity contribution in [1.29, 1.82) is 0 Å². The molecule has 3 rings (SSSR count). The van der Waals surface area contributed by atoms with E-state index in [4.69, 9.17) is 5.73 Å². The second kappa shape index (κ2) is 6.17. The maximum absolute atomic E-state index is 13.0. The third-order valence-corrected chi connectivity index (χ3v) is 4.73. The Labute approximate surface area is 144 Å². The summed E-state index contributed by atoms with van der Waals surface area (Å²) < 4.78 is 0. The summed E-state index contributed by atoms with van der Waals surface area (Å²) in [6.45, 7) is 4.03. The molecule has 0 unspecified atom stereocenters. The van der Waals surface area contributed by atoms with E-state index in [9.17, 15) is 9.59 Å². The fraction of sp³-hybridized carbons (Fsp3) is 0.211. The minimum atomic E-state index is -0.233. The molecule has 1 aliphatic rings. The van der Waals surface area contributed by atoms with Gasteiger partial charge in [0, 0.05) is 22.5 Å². The summed E-state index contributed by atoms with van der Waals surface area (Å²) in [6.07, 6.45) is 1.57. The Morgan fingerprint density at radius 1 is 1.04 bits per heavy atom. The molecule has 24 heavy (non-hydrogen) atoms. The summed E-state index contributed by atoms with van der Waals surface area (Å²) >= 11 is 0. The van der Waals surface area contributed by atoms with E-state index >= 15 is 0 Å². The average molecular weight is 333 g/mol. The lowest BCUT2D eigenvalue weighted by molar-refractivity contribution is 0.0980. The Kier molecular flexibility index (Phi) is 4.20. The Bertz CT molecular complexity index is 894. The van der Waals surface area contributed by atoms with Crippen LogP contribution in [0.4, 0.5) is 11.4 Å². The van der Waals surface area contributed by atoms with E-state index in [1.165, 1.54) is 0 Å². The molecule has 0 saturated heterocycles. The molecule has 0 bridgehead atoms. The normalized spacial score (nSPS) is 12.6. The zero-order valence-corrected chi connectivity index (χ0v) is 14.6. The quantitative estimate of drug-likeness (QED) is 0.455. The van der Waals surface area contributed by atoms with Gasteiger partial charge in [0.25, 0.3) is 0 Å². The van der Waals surface area contributed by atoms with E-state index in [2.05, 4.69) is 15.2 Å². The van der Waals surface area contributed by atoms with Crippen LogP contribution in [0.2, 0.25) is 0 Å². The number of nitrogen functional groups attached to an aromatic ring is 1. The van der Waals surface area contributed by atoms with Gasteiger partial charge in [-0.25, -0.2) is 0 Å². The van der Waals surface area contributed by atoms with Gasteiger partial charge in [-0.2, -0.15) is 0 Å². The summed E-state index contributed by atoms with van der Waals surface area (Å²) in [5, 5.41) is 0.569. The number of carbonyl (C=O) groups excluding carboxylic acids is 2. The minimum absolute atomic E-state index is 0.205. The molecular formula is C19H17N2O2Si. The molecule has 1 aliphatic carbocycles. The number of nitrogens with two attached hydrogens (primary N) is 1. The molecule has 4 nitrogen and oxygen atoms in total. The molecule has 0 aromatic heterocycles. The Morgan fingerprint density at radius 3 is 2.12 bits per heavy atom. The minimum Gasteiger partial charge on any atom is -0.398 e. The first-order valence-electron chi connectivity index (χ1n) is 7.92. The van der Waals surface area contributed by atoms with Crippen LogP contribution in [0, 0.1) is 0 Å². The van der Waals surface area contributed by atoms with E-state index < -0.39 is 0 Å². The predicted octanol–water partition coefficient (Wildman–Crippen LogP) is 2.73. The fourth-order valence-corrected chi connectivity index (χ4v) is 3.23. The maximum atomic E-state index is 13.0. The van der Waals surface area contributed by atoms with Crippen molar-refractivity contribution < 1.29 is 9.59 Å². The van der Waals surface area contributed by atoms with Crippen LogP contribution in [0.1, 0.15) is 58.5 Å². The number of anilines is 1. The van der Waals surface area contributed by atoms with Gasteiger partial charge >= 0.3 is 0 Å². The van der Waals surface area contributed by atoms with Crippen molar-refractivity contribution in [2.75, 3.05) is 5.73 Å². The van der Waals surface area contributed by atoms with E-state index in [0.717, 1.165) is 18.6 Å². The topological polar surface area (TPSA) is 72.5 Å². The summed E-state index contributed by atoms with van der Waals surface area (Å²) in [6, 6.07) is 8.54. The van der Waals surface area contributed by atoms with Crippen LogP contribution in [0.3, 0.4) is 0 Å². The molecule has 0 aliphatic heterocycles. The van der Waals surface area contributed by atoms with E-state index in [0.29, 0.717) is 27.6 Å². The second-order valence-electron chi connectivity index (χ2n) is 5.70. The predicted molar refractivity (Wildman–Crippen MR) is 97.2 cm³/mol. The van der Waals surface area contributed by atoms with E-state index in [1.807, 2.05) is 13.8 Å². The SMILES string of the molecule is CCC(CC)=Nc1cc([Si])c(N)c2c1C(=O)c1ccccc1C2=O. The van der Waals surface area contributed by atoms with Gasteiger partial charge in [-0.1, -0.05) is 38.1 Å². The second-order valence-corrected chi connectivity index (χ2v) is 6.23. The number of nitrogens with zero attached hydrogens (tertiary/aromatic N) is 1. The van der Waals surface area contributed by atoms with E-state index in [1.54, 1.807) is 30.3 Å². The Balaban J connectivity index is 2.35. The lowest BCUT2D eigenvalue weighted by atomic mass is 9.82. The third kappa shape index (κ3) is 2.41. The fourth-order valence-electron chi connectivity index (χ4n) is 2.96. The first-order valence-corrected chi connectivity index (χ1v) is 8.42. The van der Waals surface area contributed by atoms with Crippen LogP contribution in [0.25, 0.3) is 0 Å². The maximum Gasteiger partial charge on any atom is 0.196 e. The molecular weight excluding hydrogens is 316 g/mol. The summed E-state index contributed by atoms with van der Waals surface area (Å²) in [5.74, 6) is -0.437. The monoisotopic (exact) mass is 333 g/mol. The summed E-state index contributed by atoms with van der Waals surface area (Å²) in [4.78, 5) is 30.5. The van der Waals surface area contributed by atoms with Gasteiger partial charge in [-0.05, 0) is 24.1 Å². The van der Waals surface area contributed by atoms with E-state index in [-0.39, 0.29) is 22.8 Å². The number of carbonyl (C=O) groups is 2. The van der Waals surface area contributed by atoms with Crippen LogP contribution >= 0.6 is 0 Å². The summed E-state index contributed by atoms with van der Waals surface area (Å²) in [7, 11) is 3.45. The number of ketones is 2. The zero-order valence-electron chi connectivity index (χ0n) is 13.6. The molecule has 119 valence electrons. The zero-order chi connectivity index (χ0) is 17.4. The number of aliphatic imine (C=N–C) groups is 1. The highest BCUT2D eigenvalue weighted by Crippen LogP contribution is 2.35. The van der Waals surface area contributed by atoms with Gasteiger partial charge in [-0.3, -0.25) is 14.6 Å². The van der Waals surface area contributed by atoms with Crippen molar-refractivity contribution in [1.82, 2.24) is 0 Å². The van der Waals surface area contributed by atoms with Crippen LogP contribution in [0.5, 0.6) is 0 Å². The van der Waals surface area contributed by atoms with Crippen LogP contribution in [-0.4, -0.2) is 27.5 Å². The molecule has 0 heterocycles. The van der Waals surface area contributed by atoms with Gasteiger partial charge in [0.1, 0.15) is 0 Å². The molecule has 0 spiro atoms. The van der Waals surface area contributed by atoms with Gasteiger partial charge in [0.2, 0.25) is 0 Å². The molecule has 2 aromatic carbocycles. The molecule has 0 atom stereocenters. The lowest BCUT2D eigenvalue weighted by Crippen LogP contribution is -2.26. The third-order valence-electron chi connectivity index (χ3n) is 4.31. The highest BCUT2D eigenvalue weighted by Gasteiger charge is 2.34. The van der Waals surface area contributed by atoms with Crippen molar-refractivity contribution in [2.24, 2.45) is 4.99 Å². The first-order chi connectivity index (χ1) is 11.5. The Morgan fingerprint density at radius 2 is 1.58 bits per heavy atom. The molecule has 2 aromatic rings. The average Bonchev–Trinajstić information content (AvgIpc) is 2.60. The van der Waals surface area contributed by atoms with Crippen molar-refractivity contribution in [3.05, 3.63) is 52.6 Å². The highest BCUT2D eigenvalue weighted by molar-refractivity contribution is 6.40.